The number of anilines is 1. The third-order valence-electron chi connectivity index (χ3n) is 5.60. The van der Waals surface area contributed by atoms with E-state index in [0.717, 1.165) is 5.56 Å². The molecule has 0 unspecified atom stereocenters. The Hall–Kier alpha value is -3.15. The van der Waals surface area contributed by atoms with E-state index in [1.807, 2.05) is 12.1 Å². The lowest BCUT2D eigenvalue weighted by Gasteiger charge is -2.31. The molecule has 0 radical (unpaired) electrons. The van der Waals surface area contributed by atoms with E-state index in [4.69, 9.17) is 5.73 Å². The summed E-state index contributed by atoms with van der Waals surface area (Å²) in [5.74, 6) is -0.910. The van der Waals surface area contributed by atoms with E-state index in [-0.39, 0.29) is 29.1 Å². The Balaban J connectivity index is 1.73. The smallest absolute Gasteiger partial charge is 0.255 e. The number of hydrogen-bond acceptors (Lipinski definition) is 3. The Morgan fingerprint density at radius 3 is 2.13 bits per heavy atom. The average Bonchev–Trinajstić information content (AvgIpc) is 2.73. The number of para-hydroxylation sites is 1. The number of hydrogen-bond donors (Lipinski definition) is 2. The average molecular weight is 408 g/mol. The van der Waals surface area contributed by atoms with Gasteiger partial charge in [0.1, 0.15) is 0 Å². The molecule has 3 rings (SSSR count). The van der Waals surface area contributed by atoms with Crippen molar-refractivity contribution in [2.75, 3.05) is 18.4 Å². The van der Waals surface area contributed by atoms with Crippen LogP contribution in [-0.4, -0.2) is 35.7 Å². The molecule has 1 aliphatic heterocycles. The molecule has 0 spiro atoms. The van der Waals surface area contributed by atoms with Gasteiger partial charge < -0.3 is 16.0 Å². The molecule has 6 nitrogen and oxygen atoms in total. The summed E-state index contributed by atoms with van der Waals surface area (Å²) in [6.07, 6.45) is 1.13. The number of rotatable bonds is 4. The topological polar surface area (TPSA) is 92.5 Å². The predicted octanol–water partition coefficient (Wildman–Crippen LogP) is 3.57. The first-order valence-corrected chi connectivity index (χ1v) is 10.3. The van der Waals surface area contributed by atoms with Crippen molar-refractivity contribution >= 4 is 23.4 Å². The highest BCUT2D eigenvalue weighted by Crippen LogP contribution is 2.24. The monoisotopic (exact) mass is 407 g/mol. The summed E-state index contributed by atoms with van der Waals surface area (Å²) in [7, 11) is 0. The van der Waals surface area contributed by atoms with Gasteiger partial charge >= 0.3 is 0 Å². The molecule has 0 atom stereocenters. The summed E-state index contributed by atoms with van der Waals surface area (Å²) in [6, 6.07) is 14.5. The largest absolute Gasteiger partial charge is 0.369 e. The zero-order chi connectivity index (χ0) is 21.9. The number of piperidine rings is 1. The molecule has 1 heterocycles. The molecule has 1 saturated heterocycles. The normalized spacial score (nSPS) is 15.0. The molecule has 0 aliphatic carbocycles. The molecule has 2 aromatic rings. The Morgan fingerprint density at radius 2 is 1.57 bits per heavy atom. The van der Waals surface area contributed by atoms with E-state index in [2.05, 4.69) is 26.1 Å². The number of primary amides is 1. The third kappa shape index (κ3) is 4.87. The molecule has 0 bridgehead atoms. The highest BCUT2D eigenvalue weighted by molar-refractivity contribution is 6.09. The van der Waals surface area contributed by atoms with E-state index >= 15 is 0 Å². The molecule has 0 saturated carbocycles. The minimum atomic E-state index is -0.313. The van der Waals surface area contributed by atoms with Crippen LogP contribution in [0.4, 0.5) is 5.69 Å². The SMILES string of the molecule is CC(C)(C)c1ccc(C(=O)Nc2ccccc2C(=O)N2CCC(C(N)=O)CC2)cc1. The lowest BCUT2D eigenvalue weighted by molar-refractivity contribution is -0.123. The fourth-order valence-corrected chi connectivity index (χ4v) is 3.63. The zero-order valence-corrected chi connectivity index (χ0v) is 17.8. The first kappa shape index (κ1) is 21.6. The Kier molecular flexibility index (Phi) is 6.25. The molecule has 30 heavy (non-hydrogen) atoms. The second-order valence-electron chi connectivity index (χ2n) is 8.80. The van der Waals surface area contributed by atoms with Crippen LogP contribution >= 0.6 is 0 Å². The minimum Gasteiger partial charge on any atom is -0.369 e. The predicted molar refractivity (Wildman–Crippen MR) is 117 cm³/mol. The molecule has 3 amide bonds. The molecule has 0 aromatic heterocycles. The van der Waals surface area contributed by atoms with Gasteiger partial charge in [0, 0.05) is 24.6 Å². The van der Waals surface area contributed by atoms with Crippen molar-refractivity contribution in [3.63, 3.8) is 0 Å². The first-order chi connectivity index (χ1) is 14.2. The van der Waals surface area contributed by atoms with E-state index in [1.165, 1.54) is 0 Å². The molecular formula is C24H29N3O3. The van der Waals surface area contributed by atoms with Gasteiger partial charge in [-0.2, -0.15) is 0 Å². The second kappa shape index (κ2) is 8.69. The maximum atomic E-state index is 13.0. The van der Waals surface area contributed by atoms with Gasteiger partial charge in [0.05, 0.1) is 11.3 Å². The van der Waals surface area contributed by atoms with Crippen molar-refractivity contribution in [3.8, 4) is 0 Å². The first-order valence-electron chi connectivity index (χ1n) is 10.3. The van der Waals surface area contributed by atoms with Gasteiger partial charge in [0.15, 0.2) is 0 Å². The van der Waals surface area contributed by atoms with Crippen LogP contribution in [0.25, 0.3) is 0 Å². The van der Waals surface area contributed by atoms with Crippen molar-refractivity contribution in [2.24, 2.45) is 11.7 Å². The molecular weight excluding hydrogens is 378 g/mol. The molecule has 1 fully saturated rings. The standard InChI is InChI=1S/C24H29N3O3/c1-24(2,3)18-10-8-17(9-11-18)22(29)26-20-7-5-4-6-19(20)23(30)27-14-12-16(13-15-27)21(25)28/h4-11,16H,12-15H2,1-3H3,(H2,25,28)(H,26,29). The summed E-state index contributed by atoms with van der Waals surface area (Å²) < 4.78 is 0. The number of likely N-dealkylation sites (tertiary alicyclic amines) is 1. The van der Waals surface area contributed by atoms with Crippen molar-refractivity contribution in [3.05, 3.63) is 65.2 Å². The fraction of sp³-hybridized carbons (Fsp3) is 0.375. The van der Waals surface area contributed by atoms with Gasteiger partial charge in [-0.1, -0.05) is 45.0 Å². The lowest BCUT2D eigenvalue weighted by atomic mass is 9.86. The van der Waals surface area contributed by atoms with Crippen LogP contribution in [0.2, 0.25) is 0 Å². The maximum absolute atomic E-state index is 13.0. The van der Waals surface area contributed by atoms with Crippen LogP contribution in [0.15, 0.2) is 48.5 Å². The summed E-state index contributed by atoms with van der Waals surface area (Å²) >= 11 is 0. The summed E-state index contributed by atoms with van der Waals surface area (Å²) in [4.78, 5) is 38.9. The number of carbonyl (C=O) groups excluding carboxylic acids is 3. The van der Waals surface area contributed by atoms with Crippen LogP contribution in [0, 0.1) is 5.92 Å². The number of nitrogens with one attached hydrogen (secondary N) is 1. The van der Waals surface area contributed by atoms with Crippen molar-refractivity contribution in [1.82, 2.24) is 4.90 Å². The van der Waals surface area contributed by atoms with Gasteiger partial charge in [-0.3, -0.25) is 14.4 Å². The van der Waals surface area contributed by atoms with Gasteiger partial charge in [0.2, 0.25) is 5.91 Å². The fourth-order valence-electron chi connectivity index (χ4n) is 3.63. The lowest BCUT2D eigenvalue weighted by Crippen LogP contribution is -2.42. The maximum Gasteiger partial charge on any atom is 0.255 e. The van der Waals surface area contributed by atoms with Crippen LogP contribution < -0.4 is 11.1 Å². The third-order valence-corrected chi connectivity index (χ3v) is 5.60. The quantitative estimate of drug-likeness (QED) is 0.811. The molecule has 2 aromatic carbocycles. The number of benzene rings is 2. The van der Waals surface area contributed by atoms with Crippen molar-refractivity contribution < 1.29 is 14.4 Å². The van der Waals surface area contributed by atoms with Crippen molar-refractivity contribution in [1.29, 1.82) is 0 Å². The summed E-state index contributed by atoms with van der Waals surface area (Å²) in [6.45, 7) is 7.31. The Labute approximate surface area is 177 Å². The van der Waals surface area contributed by atoms with Gasteiger partial charge in [-0.25, -0.2) is 0 Å². The summed E-state index contributed by atoms with van der Waals surface area (Å²) in [5.41, 5.74) is 7.98. The van der Waals surface area contributed by atoms with Gasteiger partial charge in [-0.05, 0) is 48.1 Å². The second-order valence-corrected chi connectivity index (χ2v) is 8.80. The van der Waals surface area contributed by atoms with E-state index < -0.39 is 0 Å². The van der Waals surface area contributed by atoms with Crippen LogP contribution in [-0.2, 0) is 10.2 Å². The summed E-state index contributed by atoms with van der Waals surface area (Å²) in [5, 5.41) is 2.87. The Morgan fingerprint density at radius 1 is 0.967 bits per heavy atom. The van der Waals surface area contributed by atoms with E-state index in [0.29, 0.717) is 42.7 Å². The molecule has 6 heteroatoms. The number of carbonyl (C=O) groups is 3. The van der Waals surface area contributed by atoms with Crippen LogP contribution in [0.5, 0.6) is 0 Å². The molecule has 3 N–H and O–H groups in total. The van der Waals surface area contributed by atoms with Crippen LogP contribution in [0.1, 0.15) is 59.9 Å². The van der Waals surface area contributed by atoms with Crippen molar-refractivity contribution in [2.45, 2.75) is 39.0 Å². The zero-order valence-electron chi connectivity index (χ0n) is 17.8. The highest BCUT2D eigenvalue weighted by Gasteiger charge is 2.27. The molecule has 158 valence electrons. The number of amides is 3. The number of nitrogens with two attached hydrogens (primary N) is 1. The molecule has 1 aliphatic rings. The van der Waals surface area contributed by atoms with Gasteiger partial charge in [0.25, 0.3) is 11.8 Å². The number of nitrogens with zero attached hydrogens (tertiary/aromatic N) is 1. The minimum absolute atomic E-state index is 0.00991. The van der Waals surface area contributed by atoms with Crippen LogP contribution in [0.3, 0.4) is 0 Å². The Bertz CT molecular complexity index is 937. The van der Waals surface area contributed by atoms with E-state index in [9.17, 15) is 14.4 Å². The highest BCUT2D eigenvalue weighted by atomic mass is 16.2. The van der Waals surface area contributed by atoms with E-state index in [1.54, 1.807) is 41.3 Å². The van der Waals surface area contributed by atoms with Gasteiger partial charge in [-0.15, -0.1) is 0 Å².